The zero-order valence-electron chi connectivity index (χ0n) is 12.1. The van der Waals surface area contributed by atoms with Crippen LogP contribution in [-0.2, 0) is 19.3 Å². The van der Waals surface area contributed by atoms with Crippen molar-refractivity contribution >= 4 is 11.6 Å². The summed E-state index contributed by atoms with van der Waals surface area (Å²) in [6.45, 7) is 0. The molecule has 1 heterocycles. The lowest BCUT2D eigenvalue weighted by molar-refractivity contribution is 0.699. The molecule has 0 aliphatic heterocycles. The van der Waals surface area contributed by atoms with E-state index in [4.69, 9.17) is 16.6 Å². The number of fused-ring (bicyclic) bond motifs is 2. The number of rotatable bonds is 1. The van der Waals surface area contributed by atoms with Crippen molar-refractivity contribution in [2.24, 2.45) is 0 Å². The first-order chi connectivity index (χ1) is 10.3. The van der Waals surface area contributed by atoms with Gasteiger partial charge in [-0.1, -0.05) is 42.3 Å². The summed E-state index contributed by atoms with van der Waals surface area (Å²) in [5, 5.41) is 0.696. The highest BCUT2D eigenvalue weighted by Crippen LogP contribution is 2.37. The van der Waals surface area contributed by atoms with E-state index in [9.17, 15) is 0 Å². The fourth-order valence-corrected chi connectivity index (χ4v) is 4.01. The van der Waals surface area contributed by atoms with E-state index in [2.05, 4.69) is 29.2 Å². The van der Waals surface area contributed by atoms with E-state index in [0.29, 0.717) is 11.1 Å². The molecule has 3 heteroatoms. The summed E-state index contributed by atoms with van der Waals surface area (Å²) >= 11 is 6.47. The van der Waals surface area contributed by atoms with Gasteiger partial charge in [0.1, 0.15) is 11.0 Å². The minimum atomic E-state index is 0.326. The highest BCUT2D eigenvalue weighted by molar-refractivity contribution is 6.30. The minimum Gasteiger partial charge on any atom is -0.237 e. The van der Waals surface area contributed by atoms with Crippen LogP contribution in [0.3, 0.4) is 0 Å². The van der Waals surface area contributed by atoms with E-state index < -0.39 is 0 Å². The van der Waals surface area contributed by atoms with Crippen molar-refractivity contribution in [3.8, 4) is 0 Å². The molecule has 0 N–H and O–H groups in total. The van der Waals surface area contributed by atoms with Gasteiger partial charge in [0.2, 0.25) is 0 Å². The Morgan fingerprint density at radius 3 is 2.76 bits per heavy atom. The molecule has 0 amide bonds. The molecule has 2 aliphatic rings. The van der Waals surface area contributed by atoms with Gasteiger partial charge in [0.05, 0.1) is 0 Å². The lowest BCUT2D eigenvalue weighted by Gasteiger charge is -2.14. The van der Waals surface area contributed by atoms with E-state index in [0.717, 1.165) is 31.5 Å². The van der Waals surface area contributed by atoms with Gasteiger partial charge in [-0.15, -0.1) is 0 Å². The molecule has 1 unspecified atom stereocenters. The first kappa shape index (κ1) is 13.3. The third-order valence-corrected chi connectivity index (χ3v) is 5.16. The highest BCUT2D eigenvalue weighted by Gasteiger charge is 2.27. The van der Waals surface area contributed by atoms with Crippen LogP contribution in [-0.4, -0.2) is 9.97 Å². The second-order valence-corrected chi connectivity index (χ2v) is 6.51. The fourth-order valence-electron chi connectivity index (χ4n) is 3.72. The number of hydrogen-bond acceptors (Lipinski definition) is 2. The molecule has 2 nitrogen and oxygen atoms in total. The molecule has 108 valence electrons. The average molecular weight is 299 g/mol. The van der Waals surface area contributed by atoms with Gasteiger partial charge in [0.15, 0.2) is 0 Å². The molecule has 1 aromatic heterocycles. The molecule has 0 spiro atoms. The van der Waals surface area contributed by atoms with Crippen molar-refractivity contribution in [2.75, 3.05) is 0 Å². The van der Waals surface area contributed by atoms with E-state index in [-0.39, 0.29) is 0 Å². The van der Waals surface area contributed by atoms with Crippen molar-refractivity contribution in [3.63, 3.8) is 0 Å². The maximum atomic E-state index is 6.47. The molecular weight excluding hydrogens is 280 g/mol. The summed E-state index contributed by atoms with van der Waals surface area (Å²) in [5.74, 6) is 1.26. The van der Waals surface area contributed by atoms with Crippen LogP contribution in [0.5, 0.6) is 0 Å². The largest absolute Gasteiger partial charge is 0.237 e. The molecule has 1 atom stereocenters. The maximum Gasteiger partial charge on any atom is 0.137 e. The number of aryl methyl sites for hydroxylation is 2. The Labute approximate surface area is 130 Å². The maximum absolute atomic E-state index is 6.47. The van der Waals surface area contributed by atoms with E-state index in [1.807, 2.05) is 0 Å². The van der Waals surface area contributed by atoms with Crippen LogP contribution in [0.1, 0.15) is 59.8 Å². The van der Waals surface area contributed by atoms with Crippen molar-refractivity contribution in [1.82, 2.24) is 9.97 Å². The Kier molecular flexibility index (Phi) is 3.42. The molecule has 0 radical (unpaired) electrons. The number of halogens is 1. The topological polar surface area (TPSA) is 25.8 Å². The summed E-state index contributed by atoms with van der Waals surface area (Å²) in [6, 6.07) is 8.67. The third kappa shape index (κ3) is 2.36. The highest BCUT2D eigenvalue weighted by atomic mass is 35.5. The Hall–Kier alpha value is -1.41. The van der Waals surface area contributed by atoms with Gasteiger partial charge in [0, 0.05) is 17.2 Å². The molecular formula is C18H19ClN2. The number of nitrogens with zero attached hydrogens (tertiary/aromatic N) is 2. The molecule has 2 aromatic rings. The number of hydrogen-bond donors (Lipinski definition) is 0. The lowest BCUT2D eigenvalue weighted by Crippen LogP contribution is -2.09. The number of benzene rings is 1. The molecule has 0 saturated carbocycles. The van der Waals surface area contributed by atoms with Gasteiger partial charge < -0.3 is 0 Å². The first-order valence-electron chi connectivity index (χ1n) is 7.96. The fraction of sp³-hybridized carbons (Fsp3) is 0.444. The lowest BCUT2D eigenvalue weighted by atomic mass is 10.00. The third-order valence-electron chi connectivity index (χ3n) is 4.84. The van der Waals surface area contributed by atoms with E-state index in [1.165, 1.54) is 41.6 Å². The normalized spacial score (nSPS) is 20.7. The Bertz CT molecular complexity index is 681. The zero-order chi connectivity index (χ0) is 14.2. The zero-order valence-corrected chi connectivity index (χ0v) is 12.9. The van der Waals surface area contributed by atoms with Gasteiger partial charge in [0.25, 0.3) is 0 Å². The molecule has 0 bridgehead atoms. The predicted octanol–water partition coefficient (Wildman–Crippen LogP) is 4.48. The second-order valence-electron chi connectivity index (χ2n) is 6.15. The summed E-state index contributed by atoms with van der Waals surface area (Å²) in [5.41, 5.74) is 5.23. The van der Waals surface area contributed by atoms with Gasteiger partial charge >= 0.3 is 0 Å². The Morgan fingerprint density at radius 2 is 1.81 bits per heavy atom. The van der Waals surface area contributed by atoms with E-state index >= 15 is 0 Å². The van der Waals surface area contributed by atoms with Crippen molar-refractivity contribution < 1.29 is 0 Å². The standard InChI is InChI=1S/C18H19ClN2/c19-17-15-8-2-1-3-9-16(15)20-18(21-17)14-11-10-12-6-4-5-7-13(12)14/h4-7,14H,1-3,8-11H2. The first-order valence-corrected chi connectivity index (χ1v) is 8.33. The number of aromatic nitrogens is 2. The van der Waals surface area contributed by atoms with Gasteiger partial charge in [-0.25, -0.2) is 9.97 Å². The average Bonchev–Trinajstić information content (AvgIpc) is 2.78. The van der Waals surface area contributed by atoms with Crippen LogP contribution in [0.15, 0.2) is 24.3 Å². The molecule has 0 saturated heterocycles. The molecule has 0 fully saturated rings. The van der Waals surface area contributed by atoms with Crippen molar-refractivity contribution in [2.45, 2.75) is 50.9 Å². The molecule has 4 rings (SSSR count). The quantitative estimate of drug-likeness (QED) is 0.573. The van der Waals surface area contributed by atoms with Crippen LogP contribution in [0.25, 0.3) is 0 Å². The Balaban J connectivity index is 1.77. The van der Waals surface area contributed by atoms with Crippen LogP contribution in [0.4, 0.5) is 0 Å². The summed E-state index contributed by atoms with van der Waals surface area (Å²) in [6.07, 6.45) is 8.03. The smallest absolute Gasteiger partial charge is 0.137 e. The monoisotopic (exact) mass is 298 g/mol. The van der Waals surface area contributed by atoms with Crippen molar-refractivity contribution in [3.05, 3.63) is 57.6 Å². The SMILES string of the molecule is Clc1nc(C2CCc3ccccc32)nc2c1CCCCC2. The molecule has 21 heavy (non-hydrogen) atoms. The van der Waals surface area contributed by atoms with Gasteiger partial charge in [-0.3, -0.25) is 0 Å². The van der Waals surface area contributed by atoms with E-state index in [1.54, 1.807) is 0 Å². The van der Waals surface area contributed by atoms with Crippen LogP contribution < -0.4 is 0 Å². The molecule has 1 aromatic carbocycles. The summed E-state index contributed by atoms with van der Waals surface area (Å²) in [7, 11) is 0. The van der Waals surface area contributed by atoms with Crippen LogP contribution in [0.2, 0.25) is 5.15 Å². The molecule has 2 aliphatic carbocycles. The minimum absolute atomic E-state index is 0.326. The van der Waals surface area contributed by atoms with Crippen LogP contribution in [0, 0.1) is 0 Å². The van der Waals surface area contributed by atoms with Crippen LogP contribution >= 0.6 is 11.6 Å². The predicted molar refractivity (Wildman–Crippen MR) is 84.9 cm³/mol. The summed E-state index contributed by atoms with van der Waals surface area (Å²) < 4.78 is 0. The second kappa shape index (κ2) is 5.42. The van der Waals surface area contributed by atoms with Gasteiger partial charge in [-0.2, -0.15) is 0 Å². The van der Waals surface area contributed by atoms with Gasteiger partial charge in [-0.05, 0) is 49.7 Å². The Morgan fingerprint density at radius 1 is 0.952 bits per heavy atom. The summed E-state index contributed by atoms with van der Waals surface area (Å²) in [4.78, 5) is 9.58. The van der Waals surface area contributed by atoms with Crippen molar-refractivity contribution in [1.29, 1.82) is 0 Å².